The van der Waals surface area contributed by atoms with Crippen LogP contribution in [0.1, 0.15) is 30.4 Å². The Labute approximate surface area is 122 Å². The molecule has 1 fully saturated rings. The minimum Gasteiger partial charge on any atom is -0.508 e. The summed E-state index contributed by atoms with van der Waals surface area (Å²) in [5.74, 6) is 2.59. The summed E-state index contributed by atoms with van der Waals surface area (Å²) in [7, 11) is 4.32. The van der Waals surface area contributed by atoms with Crippen LogP contribution in [0.4, 0.5) is 0 Å². The number of benzene rings is 1. The predicted octanol–water partition coefficient (Wildman–Crippen LogP) is 3.69. The van der Waals surface area contributed by atoms with Crippen LogP contribution in [-0.2, 0) is 0 Å². The van der Waals surface area contributed by atoms with Crippen LogP contribution >= 0.6 is 0 Å². The summed E-state index contributed by atoms with van der Waals surface area (Å²) >= 11 is 0. The molecule has 3 rings (SSSR count). The van der Waals surface area contributed by atoms with Gasteiger partial charge in [0.25, 0.3) is 0 Å². The first kappa shape index (κ1) is 13.7. The number of phenolic OH excluding ortho intramolecular Hbond substituents is 1. The highest BCUT2D eigenvalue weighted by molar-refractivity contribution is 5.71. The van der Waals surface area contributed by atoms with E-state index in [-0.39, 0.29) is 0 Å². The molecule has 1 aromatic rings. The molecule has 2 bridgehead atoms. The Morgan fingerprint density at radius 3 is 2.70 bits per heavy atom. The maximum Gasteiger partial charge on any atom is 0.116 e. The molecule has 0 aliphatic heterocycles. The maximum atomic E-state index is 9.90. The van der Waals surface area contributed by atoms with Crippen molar-refractivity contribution in [1.82, 2.24) is 4.90 Å². The van der Waals surface area contributed by atoms with Gasteiger partial charge in [-0.15, -0.1) is 0 Å². The summed E-state index contributed by atoms with van der Waals surface area (Å²) < 4.78 is 0. The first-order valence-corrected chi connectivity index (χ1v) is 7.70. The predicted molar refractivity (Wildman–Crippen MR) is 83.7 cm³/mol. The molecule has 0 aromatic heterocycles. The van der Waals surface area contributed by atoms with Crippen molar-refractivity contribution in [2.45, 2.75) is 26.2 Å². The molecule has 2 aliphatic rings. The van der Waals surface area contributed by atoms with E-state index < -0.39 is 0 Å². The minimum absolute atomic E-state index is 0.391. The van der Waals surface area contributed by atoms with E-state index in [9.17, 15) is 5.11 Å². The summed E-state index contributed by atoms with van der Waals surface area (Å²) in [5, 5.41) is 9.90. The van der Waals surface area contributed by atoms with Gasteiger partial charge in [-0.1, -0.05) is 12.1 Å². The number of fused-ring (bicyclic) bond motifs is 2. The van der Waals surface area contributed by atoms with Crippen molar-refractivity contribution in [2.24, 2.45) is 17.8 Å². The molecule has 0 saturated heterocycles. The second kappa shape index (κ2) is 5.25. The number of phenols is 1. The standard InChI is InChI=1S/C18H25NO/c1-12-6-15(10-16(20)7-12)17-9-13-4-5-14(8-13)18(17)11-19(2)3/h6-7,9-10,13-14,18,20H,4-5,8,11H2,1-3H3. The van der Waals surface area contributed by atoms with Gasteiger partial charge in [0.15, 0.2) is 0 Å². The second-order valence-corrected chi connectivity index (χ2v) is 6.88. The highest BCUT2D eigenvalue weighted by Gasteiger charge is 2.37. The van der Waals surface area contributed by atoms with Crippen molar-refractivity contribution >= 4 is 5.57 Å². The van der Waals surface area contributed by atoms with Crippen LogP contribution in [0.25, 0.3) is 5.57 Å². The van der Waals surface area contributed by atoms with Gasteiger partial charge in [0.1, 0.15) is 5.75 Å². The van der Waals surface area contributed by atoms with Gasteiger partial charge in [-0.3, -0.25) is 0 Å². The Morgan fingerprint density at radius 2 is 2.00 bits per heavy atom. The molecule has 0 spiro atoms. The number of aromatic hydroxyl groups is 1. The zero-order valence-electron chi connectivity index (χ0n) is 12.8. The largest absolute Gasteiger partial charge is 0.508 e. The SMILES string of the molecule is Cc1cc(O)cc(C2=CC3CCC(C3)C2CN(C)C)c1. The van der Waals surface area contributed by atoms with Crippen LogP contribution in [0, 0.1) is 24.7 Å². The van der Waals surface area contributed by atoms with E-state index in [1.165, 1.54) is 30.4 Å². The fourth-order valence-corrected chi connectivity index (χ4v) is 4.08. The van der Waals surface area contributed by atoms with Gasteiger partial charge >= 0.3 is 0 Å². The van der Waals surface area contributed by atoms with E-state index in [0.717, 1.165) is 23.9 Å². The van der Waals surface area contributed by atoms with Crippen molar-refractivity contribution in [3.8, 4) is 5.75 Å². The molecule has 1 N–H and O–H groups in total. The third-order valence-corrected chi connectivity index (χ3v) is 4.85. The molecule has 1 saturated carbocycles. The normalized spacial score (nSPS) is 28.8. The molecule has 3 atom stereocenters. The van der Waals surface area contributed by atoms with Gasteiger partial charge in [0.2, 0.25) is 0 Å². The number of hydrogen-bond donors (Lipinski definition) is 1. The molecule has 20 heavy (non-hydrogen) atoms. The molecule has 0 amide bonds. The van der Waals surface area contributed by atoms with Crippen LogP contribution < -0.4 is 0 Å². The molecule has 2 aliphatic carbocycles. The molecular formula is C18H25NO. The molecule has 2 heteroatoms. The van der Waals surface area contributed by atoms with E-state index in [4.69, 9.17) is 0 Å². The molecule has 0 radical (unpaired) electrons. The molecule has 1 aromatic carbocycles. The lowest BCUT2D eigenvalue weighted by Gasteiger charge is -2.33. The highest BCUT2D eigenvalue weighted by atomic mass is 16.3. The average molecular weight is 271 g/mol. The van der Waals surface area contributed by atoms with Crippen LogP contribution in [-0.4, -0.2) is 30.6 Å². The minimum atomic E-state index is 0.391. The Morgan fingerprint density at radius 1 is 1.20 bits per heavy atom. The van der Waals surface area contributed by atoms with Crippen LogP contribution in [0.15, 0.2) is 24.3 Å². The third-order valence-electron chi connectivity index (χ3n) is 4.85. The third kappa shape index (κ3) is 2.62. The smallest absolute Gasteiger partial charge is 0.116 e. The monoisotopic (exact) mass is 271 g/mol. The number of hydrogen-bond acceptors (Lipinski definition) is 2. The first-order chi connectivity index (χ1) is 9.52. The molecule has 108 valence electrons. The Hall–Kier alpha value is -1.28. The zero-order chi connectivity index (χ0) is 14.3. The van der Waals surface area contributed by atoms with Crippen LogP contribution in [0.3, 0.4) is 0 Å². The summed E-state index contributed by atoms with van der Waals surface area (Å²) in [6.45, 7) is 3.17. The summed E-state index contributed by atoms with van der Waals surface area (Å²) in [6.07, 6.45) is 6.56. The average Bonchev–Trinajstić information content (AvgIpc) is 2.74. The Bertz CT molecular complexity index is 512. The van der Waals surface area contributed by atoms with Crippen molar-refractivity contribution in [1.29, 1.82) is 0 Å². The van der Waals surface area contributed by atoms with Crippen molar-refractivity contribution < 1.29 is 5.11 Å². The highest BCUT2D eigenvalue weighted by Crippen LogP contribution is 2.48. The number of rotatable bonds is 3. The van der Waals surface area contributed by atoms with Gasteiger partial charge in [-0.25, -0.2) is 0 Å². The van der Waals surface area contributed by atoms with E-state index >= 15 is 0 Å². The topological polar surface area (TPSA) is 23.5 Å². The molecule has 3 unspecified atom stereocenters. The van der Waals surface area contributed by atoms with Gasteiger partial charge in [0, 0.05) is 6.54 Å². The van der Waals surface area contributed by atoms with Gasteiger partial charge < -0.3 is 10.0 Å². The van der Waals surface area contributed by atoms with Gasteiger partial charge in [-0.05, 0) is 86.9 Å². The zero-order valence-corrected chi connectivity index (χ0v) is 12.8. The summed E-state index contributed by atoms with van der Waals surface area (Å²) in [4.78, 5) is 2.30. The fraction of sp³-hybridized carbons (Fsp3) is 0.556. The summed E-state index contributed by atoms with van der Waals surface area (Å²) in [5.41, 5.74) is 3.84. The number of aryl methyl sites for hydroxylation is 1. The molecule has 0 heterocycles. The Kier molecular flexibility index (Phi) is 3.59. The molecular weight excluding hydrogens is 246 g/mol. The van der Waals surface area contributed by atoms with Gasteiger partial charge in [-0.2, -0.15) is 0 Å². The van der Waals surface area contributed by atoms with Crippen molar-refractivity contribution in [2.75, 3.05) is 20.6 Å². The lowest BCUT2D eigenvalue weighted by molar-refractivity contribution is 0.289. The van der Waals surface area contributed by atoms with E-state index in [1.54, 1.807) is 0 Å². The number of allylic oxidation sites excluding steroid dienone is 1. The lowest BCUT2D eigenvalue weighted by atomic mass is 9.76. The van der Waals surface area contributed by atoms with Crippen LogP contribution in [0.5, 0.6) is 5.75 Å². The summed E-state index contributed by atoms with van der Waals surface area (Å²) in [6, 6.07) is 5.99. The van der Waals surface area contributed by atoms with E-state index in [2.05, 4.69) is 38.1 Å². The lowest BCUT2D eigenvalue weighted by Crippen LogP contribution is -2.29. The first-order valence-electron chi connectivity index (χ1n) is 7.70. The Balaban J connectivity index is 1.99. The van der Waals surface area contributed by atoms with E-state index in [0.29, 0.717) is 11.7 Å². The van der Waals surface area contributed by atoms with Crippen molar-refractivity contribution in [3.05, 3.63) is 35.4 Å². The van der Waals surface area contributed by atoms with Gasteiger partial charge in [0.05, 0.1) is 0 Å². The quantitative estimate of drug-likeness (QED) is 0.906. The second-order valence-electron chi connectivity index (χ2n) is 6.88. The molecule has 2 nitrogen and oxygen atoms in total. The van der Waals surface area contributed by atoms with Crippen molar-refractivity contribution in [3.63, 3.8) is 0 Å². The fourth-order valence-electron chi connectivity index (χ4n) is 4.08. The maximum absolute atomic E-state index is 9.90. The van der Waals surface area contributed by atoms with E-state index in [1.807, 2.05) is 12.1 Å². The van der Waals surface area contributed by atoms with Crippen LogP contribution in [0.2, 0.25) is 0 Å². The number of nitrogens with zero attached hydrogens (tertiary/aromatic N) is 1.